The zero-order valence-electron chi connectivity index (χ0n) is 18.8. The Kier molecular flexibility index (Phi) is 6.89. The molecule has 16 nitrogen and oxygen atoms in total. The number of carbonyl (C=O) groups is 3. The van der Waals surface area contributed by atoms with Crippen molar-refractivity contribution in [2.45, 2.75) is 23.4 Å². The van der Waals surface area contributed by atoms with E-state index in [2.05, 4.69) is 40.5 Å². The lowest BCUT2D eigenvalue weighted by atomic mass is 10.0. The number of nitrogens with zero attached hydrogens (tertiary/aromatic N) is 9. The van der Waals surface area contributed by atoms with Gasteiger partial charge in [0.05, 0.1) is 0 Å². The van der Waals surface area contributed by atoms with E-state index in [1.165, 1.54) is 33.1 Å². The number of carboxylic acids is 1. The minimum Gasteiger partial charge on any atom is -0.477 e. The zero-order chi connectivity index (χ0) is 26.1. The van der Waals surface area contributed by atoms with Crippen LogP contribution in [0.25, 0.3) is 5.65 Å². The number of anilines is 1. The average Bonchev–Trinajstić information content (AvgIpc) is 3.54. The van der Waals surface area contributed by atoms with E-state index in [0.717, 1.165) is 11.5 Å². The van der Waals surface area contributed by atoms with E-state index in [0.29, 0.717) is 22.0 Å². The van der Waals surface area contributed by atoms with Crippen LogP contribution in [0.4, 0.5) is 5.13 Å². The number of hydrogen-bond acceptors (Lipinski definition) is 15. The molecule has 1 fully saturated rings. The molecule has 2 amide bonds. The molecule has 1 saturated heterocycles. The maximum absolute atomic E-state index is 13.0. The van der Waals surface area contributed by atoms with Crippen LogP contribution in [0, 0.1) is 0 Å². The van der Waals surface area contributed by atoms with Crippen LogP contribution < -0.4 is 11.1 Å². The standard InChI is InChI=1S/C18H17N11O5S3/c1-2-34-24-10(13-21-18(19)37-25-13)14(30)20-11-15(31)28-12(17(32)33)7(6-36-16(11)28)5-35-9-4-3-8-22-26-27-29(8)23-9/h3-4,11,16H,2,5-6H2,1H3,(H,20,30)(H,32,33)(H2,19,21,25)/b24-10-/t11?,16-/m1/s1. The highest BCUT2D eigenvalue weighted by molar-refractivity contribution is 8.01. The number of hydrogen-bond donors (Lipinski definition) is 3. The molecule has 37 heavy (non-hydrogen) atoms. The molecular formula is C18H17N11O5S3. The molecule has 5 heterocycles. The van der Waals surface area contributed by atoms with E-state index < -0.39 is 29.2 Å². The maximum atomic E-state index is 13.0. The first-order chi connectivity index (χ1) is 17.9. The lowest BCUT2D eigenvalue weighted by molar-refractivity contribution is -0.150. The lowest BCUT2D eigenvalue weighted by Gasteiger charge is -2.49. The summed E-state index contributed by atoms with van der Waals surface area (Å²) in [4.78, 5) is 48.2. The van der Waals surface area contributed by atoms with E-state index in [-0.39, 0.29) is 34.7 Å². The number of oxime groups is 1. The second-order valence-electron chi connectivity index (χ2n) is 7.42. The number of nitrogens with two attached hydrogens (primary N) is 1. The average molecular weight is 564 g/mol. The predicted molar refractivity (Wildman–Crippen MR) is 131 cm³/mol. The largest absolute Gasteiger partial charge is 0.477 e. The lowest BCUT2D eigenvalue weighted by Crippen LogP contribution is -2.71. The normalized spacial score (nSPS) is 19.5. The van der Waals surface area contributed by atoms with E-state index >= 15 is 0 Å². The van der Waals surface area contributed by atoms with Crippen LogP contribution in [0.1, 0.15) is 12.7 Å². The van der Waals surface area contributed by atoms with Gasteiger partial charge in [-0.25, -0.2) is 4.79 Å². The Balaban J connectivity index is 1.30. The molecule has 3 aromatic rings. The number of carbonyl (C=O) groups excluding carboxylic acids is 2. The summed E-state index contributed by atoms with van der Waals surface area (Å²) in [5.41, 5.74) is 6.30. The first kappa shape index (κ1) is 24.8. The van der Waals surface area contributed by atoms with E-state index in [9.17, 15) is 19.5 Å². The van der Waals surface area contributed by atoms with Gasteiger partial charge in [-0.3, -0.25) is 14.5 Å². The van der Waals surface area contributed by atoms with Gasteiger partial charge in [0.15, 0.2) is 10.8 Å². The molecule has 4 N–H and O–H groups in total. The molecule has 2 atom stereocenters. The highest BCUT2D eigenvalue weighted by atomic mass is 32.2. The maximum Gasteiger partial charge on any atom is 0.352 e. The first-order valence-electron chi connectivity index (χ1n) is 10.6. The summed E-state index contributed by atoms with van der Waals surface area (Å²) in [5, 5.41) is 31.7. The van der Waals surface area contributed by atoms with Crippen LogP contribution in [0.2, 0.25) is 0 Å². The van der Waals surface area contributed by atoms with Gasteiger partial charge in [0, 0.05) is 23.0 Å². The molecule has 2 aliphatic rings. The minimum atomic E-state index is -1.23. The number of β-lactam (4-membered cyclic amide) rings is 1. The minimum absolute atomic E-state index is 0.0349. The molecule has 0 aromatic carbocycles. The van der Waals surface area contributed by atoms with Gasteiger partial charge >= 0.3 is 5.97 Å². The van der Waals surface area contributed by atoms with Gasteiger partial charge in [-0.05, 0) is 35.1 Å². The molecule has 19 heteroatoms. The number of aliphatic carboxylic acids is 1. The van der Waals surface area contributed by atoms with E-state index in [1.54, 1.807) is 19.1 Å². The fraction of sp³-hybridized carbons (Fsp3) is 0.333. The predicted octanol–water partition coefficient (Wildman–Crippen LogP) is -0.775. The number of fused-ring (bicyclic) bond motifs is 2. The Hall–Kier alpha value is -3.84. The number of rotatable bonds is 9. The molecule has 0 aliphatic carbocycles. The second-order valence-corrected chi connectivity index (χ2v) is 10.3. The van der Waals surface area contributed by atoms with Crippen molar-refractivity contribution in [3.05, 3.63) is 29.2 Å². The zero-order valence-corrected chi connectivity index (χ0v) is 21.3. The van der Waals surface area contributed by atoms with Crippen molar-refractivity contribution >= 4 is 69.3 Å². The monoisotopic (exact) mass is 563 g/mol. The quantitative estimate of drug-likeness (QED) is 0.126. The summed E-state index contributed by atoms with van der Waals surface area (Å²) in [6.07, 6.45) is 0. The van der Waals surface area contributed by atoms with Crippen molar-refractivity contribution in [2.24, 2.45) is 5.16 Å². The first-order valence-corrected chi connectivity index (χ1v) is 13.4. The van der Waals surface area contributed by atoms with Crippen molar-refractivity contribution in [1.82, 2.24) is 44.8 Å². The van der Waals surface area contributed by atoms with Gasteiger partial charge in [-0.1, -0.05) is 5.16 Å². The van der Waals surface area contributed by atoms with E-state index in [4.69, 9.17) is 10.6 Å². The highest BCUT2D eigenvalue weighted by Crippen LogP contribution is 2.41. The Labute approximate surface area is 219 Å². The van der Waals surface area contributed by atoms with Gasteiger partial charge in [-0.2, -0.15) is 9.36 Å². The molecule has 2 aliphatic heterocycles. The fourth-order valence-corrected chi connectivity index (χ4v) is 6.29. The molecule has 0 radical (unpaired) electrons. The summed E-state index contributed by atoms with van der Waals surface area (Å²) in [7, 11) is 0. The summed E-state index contributed by atoms with van der Waals surface area (Å²) >= 11 is 3.52. The third kappa shape index (κ3) is 4.79. The number of tetrazole rings is 1. The van der Waals surface area contributed by atoms with Crippen LogP contribution in [0.5, 0.6) is 0 Å². The number of amides is 2. The van der Waals surface area contributed by atoms with Crippen molar-refractivity contribution in [2.75, 3.05) is 23.8 Å². The van der Waals surface area contributed by atoms with Crippen LogP contribution >= 0.6 is 35.1 Å². The van der Waals surface area contributed by atoms with E-state index in [1.807, 2.05) is 0 Å². The Morgan fingerprint density at radius 1 is 1.41 bits per heavy atom. The van der Waals surface area contributed by atoms with Gasteiger partial charge in [0.2, 0.25) is 11.5 Å². The van der Waals surface area contributed by atoms with Crippen molar-refractivity contribution in [1.29, 1.82) is 0 Å². The number of thioether (sulfide) groups is 2. The third-order valence-electron chi connectivity index (χ3n) is 5.13. The second kappa shape index (κ2) is 10.3. The third-order valence-corrected chi connectivity index (χ3v) is 8.02. The molecule has 0 saturated carbocycles. The van der Waals surface area contributed by atoms with Crippen molar-refractivity contribution in [3.63, 3.8) is 0 Å². The van der Waals surface area contributed by atoms with Gasteiger partial charge in [0.25, 0.3) is 11.8 Å². The molecule has 0 bridgehead atoms. The van der Waals surface area contributed by atoms with Gasteiger partial charge < -0.3 is 21.0 Å². The Bertz CT molecular complexity index is 1450. The number of carboxylic acid groups (broad SMARTS) is 1. The Morgan fingerprint density at radius 2 is 2.24 bits per heavy atom. The van der Waals surface area contributed by atoms with Crippen LogP contribution in [0.15, 0.2) is 33.6 Å². The van der Waals surface area contributed by atoms with Crippen LogP contribution in [-0.4, -0.2) is 97.6 Å². The van der Waals surface area contributed by atoms with Crippen LogP contribution in [0.3, 0.4) is 0 Å². The fourth-order valence-electron chi connectivity index (χ4n) is 3.52. The van der Waals surface area contributed by atoms with Crippen molar-refractivity contribution in [3.8, 4) is 0 Å². The highest BCUT2D eigenvalue weighted by Gasteiger charge is 2.54. The van der Waals surface area contributed by atoms with Gasteiger partial charge in [-0.15, -0.1) is 38.4 Å². The molecule has 0 spiro atoms. The molecule has 3 aromatic heterocycles. The molecular weight excluding hydrogens is 546 g/mol. The van der Waals surface area contributed by atoms with Crippen LogP contribution in [-0.2, 0) is 19.2 Å². The molecule has 192 valence electrons. The van der Waals surface area contributed by atoms with Crippen molar-refractivity contribution < 1.29 is 24.3 Å². The summed E-state index contributed by atoms with van der Waals surface area (Å²) in [6, 6.07) is 2.45. The summed E-state index contributed by atoms with van der Waals surface area (Å²) in [5.74, 6) is -1.94. The van der Waals surface area contributed by atoms with Gasteiger partial charge in [0.1, 0.15) is 28.7 Å². The molecule has 5 rings (SSSR count). The smallest absolute Gasteiger partial charge is 0.352 e. The Morgan fingerprint density at radius 3 is 2.97 bits per heavy atom. The number of nitrogens with one attached hydrogen (secondary N) is 1. The number of nitrogen functional groups attached to an aromatic ring is 1. The number of aromatic nitrogens is 7. The summed E-state index contributed by atoms with van der Waals surface area (Å²) in [6.45, 7) is 1.88. The summed E-state index contributed by atoms with van der Waals surface area (Å²) < 4.78 is 5.24. The SMILES string of the molecule is CCO/N=C(\C(=O)NC1C(=O)N2C(C(=O)O)=C(CSc3ccc4nnnn4n3)CS[C@H]12)c1nsc(N)n1. The topological polar surface area (TPSA) is 216 Å². The molecule has 1 unspecified atom stereocenters.